The van der Waals surface area contributed by atoms with Crippen LogP contribution in [0.3, 0.4) is 0 Å². The van der Waals surface area contributed by atoms with Crippen LogP contribution in [0.25, 0.3) is 11.1 Å². The lowest BCUT2D eigenvalue weighted by atomic mass is 9.98. The van der Waals surface area contributed by atoms with Gasteiger partial charge in [-0.2, -0.15) is 0 Å². The topological polar surface area (TPSA) is 105 Å². The van der Waals surface area contributed by atoms with Gasteiger partial charge in [0.15, 0.2) is 6.04 Å². The first-order valence-electron chi connectivity index (χ1n) is 12.6. The predicted octanol–water partition coefficient (Wildman–Crippen LogP) is 4.18. The van der Waals surface area contributed by atoms with Gasteiger partial charge in [-0.05, 0) is 41.7 Å². The lowest BCUT2D eigenvalue weighted by molar-refractivity contribution is -0.156. The molecule has 3 aromatic carbocycles. The minimum Gasteiger partial charge on any atom is -0.480 e. The van der Waals surface area contributed by atoms with Gasteiger partial charge in [-0.1, -0.05) is 78.9 Å². The number of hydrogen-bond acceptors (Lipinski definition) is 5. The van der Waals surface area contributed by atoms with Gasteiger partial charge in [-0.3, -0.25) is 9.69 Å². The molecule has 1 fully saturated rings. The summed E-state index contributed by atoms with van der Waals surface area (Å²) in [6.07, 6.45) is -0.575. The number of amides is 2. The Hall–Kier alpha value is -4.17. The molecule has 8 heteroatoms. The van der Waals surface area contributed by atoms with Crippen molar-refractivity contribution in [1.82, 2.24) is 10.2 Å². The van der Waals surface area contributed by atoms with E-state index in [1.807, 2.05) is 66.7 Å². The molecular weight excluding hydrogens is 484 g/mol. The summed E-state index contributed by atoms with van der Waals surface area (Å²) in [6.45, 7) is 3.25. The van der Waals surface area contributed by atoms with E-state index in [-0.39, 0.29) is 25.6 Å². The van der Waals surface area contributed by atoms with Crippen LogP contribution in [0, 0.1) is 0 Å². The van der Waals surface area contributed by atoms with Crippen LogP contribution >= 0.6 is 0 Å². The van der Waals surface area contributed by atoms with Crippen LogP contribution in [0.4, 0.5) is 4.79 Å². The average molecular weight is 515 g/mol. The first kappa shape index (κ1) is 25.5. The van der Waals surface area contributed by atoms with Crippen molar-refractivity contribution >= 4 is 18.0 Å². The van der Waals surface area contributed by atoms with Gasteiger partial charge in [-0.25, -0.2) is 9.59 Å². The summed E-state index contributed by atoms with van der Waals surface area (Å²) in [7, 11) is 0. The highest BCUT2D eigenvalue weighted by Gasteiger charge is 2.49. The van der Waals surface area contributed by atoms with Crippen LogP contribution in [-0.4, -0.2) is 59.0 Å². The highest BCUT2D eigenvalue weighted by molar-refractivity contribution is 5.90. The number of carbonyl (C=O) groups excluding carboxylic acids is 2. The molecule has 1 heterocycles. The number of alkyl carbamates (subject to hydrolysis) is 1. The van der Waals surface area contributed by atoms with E-state index >= 15 is 0 Å². The van der Waals surface area contributed by atoms with Crippen molar-refractivity contribution in [3.8, 4) is 11.1 Å². The maximum Gasteiger partial charge on any atom is 0.407 e. The molecule has 0 saturated carbocycles. The molecule has 1 aliphatic heterocycles. The van der Waals surface area contributed by atoms with Gasteiger partial charge in [0.05, 0.1) is 6.61 Å². The van der Waals surface area contributed by atoms with Crippen molar-refractivity contribution in [3.05, 3.63) is 95.6 Å². The van der Waals surface area contributed by atoms with E-state index < -0.39 is 35.8 Å². The third-order valence-electron chi connectivity index (χ3n) is 7.23. The molecule has 0 aromatic heterocycles. The van der Waals surface area contributed by atoms with Crippen LogP contribution in [0.1, 0.15) is 36.5 Å². The number of fused-ring (bicyclic) bond motifs is 3. The molecular formula is C30H30N2O6. The predicted molar refractivity (Wildman–Crippen MR) is 140 cm³/mol. The number of rotatable bonds is 7. The molecule has 0 radical (unpaired) electrons. The summed E-state index contributed by atoms with van der Waals surface area (Å²) in [4.78, 5) is 39.9. The Morgan fingerprint density at radius 2 is 1.55 bits per heavy atom. The molecule has 0 unspecified atom stereocenters. The Balaban J connectivity index is 1.35. The Morgan fingerprint density at radius 1 is 0.974 bits per heavy atom. The van der Waals surface area contributed by atoms with Gasteiger partial charge in [-0.15, -0.1) is 0 Å². The molecule has 2 atom stereocenters. The van der Waals surface area contributed by atoms with Gasteiger partial charge in [0.25, 0.3) is 0 Å². The van der Waals surface area contributed by atoms with E-state index in [1.54, 1.807) is 13.8 Å². The number of benzene rings is 3. The lowest BCUT2D eigenvalue weighted by Crippen LogP contribution is -2.58. The van der Waals surface area contributed by atoms with Crippen LogP contribution in [0.5, 0.6) is 0 Å². The third-order valence-corrected chi connectivity index (χ3v) is 7.23. The minimum absolute atomic E-state index is 0.0994. The van der Waals surface area contributed by atoms with Crippen LogP contribution in [-0.2, 0) is 25.5 Å². The first-order valence-corrected chi connectivity index (χ1v) is 12.6. The monoisotopic (exact) mass is 514 g/mol. The van der Waals surface area contributed by atoms with Crippen molar-refractivity contribution in [2.75, 3.05) is 13.2 Å². The molecule has 196 valence electrons. The Bertz CT molecular complexity index is 1310. The molecule has 2 amide bonds. The fraction of sp³-hybridized carbons (Fsp3) is 0.300. The van der Waals surface area contributed by atoms with E-state index in [1.165, 1.54) is 4.90 Å². The number of aliphatic carboxylic acids is 1. The van der Waals surface area contributed by atoms with Gasteiger partial charge in [0, 0.05) is 12.3 Å². The molecule has 0 bridgehead atoms. The second-order valence-corrected chi connectivity index (χ2v) is 10.0. The second kappa shape index (κ2) is 10.3. The Labute approximate surface area is 221 Å². The van der Waals surface area contributed by atoms with E-state index in [2.05, 4.69) is 17.4 Å². The number of carboxylic acid groups (broad SMARTS) is 1. The number of carbonyl (C=O) groups is 3. The summed E-state index contributed by atoms with van der Waals surface area (Å²) < 4.78 is 11.3. The van der Waals surface area contributed by atoms with Crippen molar-refractivity contribution in [1.29, 1.82) is 0 Å². The van der Waals surface area contributed by atoms with Gasteiger partial charge >= 0.3 is 12.1 Å². The molecule has 38 heavy (non-hydrogen) atoms. The number of nitrogens with one attached hydrogen (secondary N) is 1. The van der Waals surface area contributed by atoms with Crippen LogP contribution in [0.15, 0.2) is 78.9 Å². The van der Waals surface area contributed by atoms with Gasteiger partial charge in [0.2, 0.25) is 5.91 Å². The average Bonchev–Trinajstić information content (AvgIpc) is 3.41. The molecule has 0 spiro atoms. The molecule has 2 aliphatic rings. The number of hydrogen-bond donors (Lipinski definition) is 2. The minimum atomic E-state index is -1.16. The molecule has 5 rings (SSSR count). The Morgan fingerprint density at radius 3 is 2.16 bits per heavy atom. The summed E-state index contributed by atoms with van der Waals surface area (Å²) in [5.74, 6) is -1.83. The smallest absolute Gasteiger partial charge is 0.407 e. The van der Waals surface area contributed by atoms with Crippen molar-refractivity contribution in [3.63, 3.8) is 0 Å². The largest absolute Gasteiger partial charge is 0.480 e. The molecule has 1 aliphatic carbocycles. The maximum atomic E-state index is 13.7. The lowest BCUT2D eigenvalue weighted by Gasteiger charge is -2.35. The molecule has 2 N–H and O–H groups in total. The standard InChI is InChI=1S/C30H30N2O6/c1-30(2)32(26(18-38-30)28(34)35)27(33)25(16-19-10-4-3-5-11-19)31-29(36)37-17-24-22-14-8-6-12-20(22)21-13-7-9-15-23(21)24/h3-15,24-26H,16-18H2,1-2H3,(H,31,36)(H,34,35)/t25-,26-/m1/s1. The zero-order valence-corrected chi connectivity index (χ0v) is 21.3. The van der Waals surface area contributed by atoms with E-state index in [0.717, 1.165) is 27.8 Å². The quantitative estimate of drug-likeness (QED) is 0.490. The first-order chi connectivity index (χ1) is 18.3. The highest BCUT2D eigenvalue weighted by Crippen LogP contribution is 2.44. The molecule has 1 saturated heterocycles. The van der Waals surface area contributed by atoms with E-state index in [0.29, 0.717) is 0 Å². The maximum absolute atomic E-state index is 13.7. The van der Waals surface area contributed by atoms with Gasteiger partial charge in [0.1, 0.15) is 18.4 Å². The van der Waals surface area contributed by atoms with Crippen LogP contribution in [0.2, 0.25) is 0 Å². The summed E-state index contributed by atoms with van der Waals surface area (Å²) in [5.41, 5.74) is 4.07. The summed E-state index contributed by atoms with van der Waals surface area (Å²) >= 11 is 0. The third kappa shape index (κ3) is 4.87. The van der Waals surface area contributed by atoms with Gasteiger partial charge < -0.3 is 19.9 Å². The highest BCUT2D eigenvalue weighted by atomic mass is 16.6. The zero-order valence-electron chi connectivity index (χ0n) is 21.3. The van der Waals surface area contributed by atoms with Crippen LogP contribution < -0.4 is 5.32 Å². The fourth-order valence-corrected chi connectivity index (χ4v) is 5.40. The second-order valence-electron chi connectivity index (χ2n) is 10.0. The molecule has 8 nitrogen and oxygen atoms in total. The van der Waals surface area contributed by atoms with Crippen molar-refractivity contribution in [2.45, 2.75) is 44.0 Å². The normalized spacial score (nSPS) is 18.4. The zero-order chi connectivity index (χ0) is 26.9. The summed E-state index contributed by atoms with van der Waals surface area (Å²) in [6, 6.07) is 23.1. The molecule has 3 aromatic rings. The summed E-state index contributed by atoms with van der Waals surface area (Å²) in [5, 5.41) is 12.4. The SMILES string of the molecule is CC1(C)OC[C@H](C(=O)O)N1C(=O)[C@@H](Cc1ccccc1)NC(=O)OCC1c2ccccc2-c2ccccc21. The van der Waals surface area contributed by atoms with E-state index in [4.69, 9.17) is 9.47 Å². The van der Waals surface area contributed by atoms with E-state index in [9.17, 15) is 19.5 Å². The number of carboxylic acids is 1. The fourth-order valence-electron chi connectivity index (χ4n) is 5.40. The van der Waals surface area contributed by atoms with Crippen molar-refractivity contribution in [2.24, 2.45) is 0 Å². The number of ether oxygens (including phenoxy) is 2. The Kier molecular flexibility index (Phi) is 6.91. The van der Waals surface area contributed by atoms with Crippen molar-refractivity contribution < 1.29 is 29.0 Å². The number of nitrogens with zero attached hydrogens (tertiary/aromatic N) is 1.